The van der Waals surface area contributed by atoms with Crippen LogP contribution in [0.25, 0.3) is 0 Å². The van der Waals surface area contributed by atoms with Gasteiger partial charge in [-0.05, 0) is 0 Å². The molecule has 0 aromatic rings. The number of carboxylic acid groups (broad SMARTS) is 2. The molecule has 0 aromatic heterocycles. The van der Waals surface area contributed by atoms with Crippen LogP contribution in [-0.4, -0.2) is 27.3 Å². The van der Waals surface area contributed by atoms with Gasteiger partial charge in [0.25, 0.3) is 11.9 Å². The normalized spacial score (nSPS) is 5.77. The lowest BCUT2D eigenvalue weighted by Crippen LogP contribution is -1.78. The third-order valence-corrected chi connectivity index (χ3v) is 0.256. The maximum atomic E-state index is 9.00. The van der Waals surface area contributed by atoms with Gasteiger partial charge in [0.15, 0.2) is 0 Å². The van der Waals surface area contributed by atoms with E-state index in [4.69, 9.17) is 24.9 Å². The van der Waals surface area contributed by atoms with Gasteiger partial charge in [-0.2, -0.15) is 0 Å². The Bertz CT molecular complexity index is 166. The number of hydrogen-bond acceptors (Lipinski definition) is 3. The van der Waals surface area contributed by atoms with E-state index in [1.807, 2.05) is 6.92 Å². The smallest absolute Gasteiger partial charge is 0.300 e. The van der Waals surface area contributed by atoms with Gasteiger partial charge in [-0.1, -0.05) is 12.8 Å². The zero-order valence-corrected chi connectivity index (χ0v) is 7.87. The summed E-state index contributed by atoms with van der Waals surface area (Å²) in [6, 6.07) is 0. The van der Waals surface area contributed by atoms with Gasteiger partial charge >= 0.3 is 0 Å². The van der Waals surface area contributed by atoms with E-state index in [0.717, 1.165) is 20.3 Å². The summed E-state index contributed by atoms with van der Waals surface area (Å²) >= 11 is 0. The number of aliphatic hydroxyl groups excluding tert-OH is 1. The van der Waals surface area contributed by atoms with Crippen LogP contribution in [0.1, 0.15) is 27.2 Å². The van der Waals surface area contributed by atoms with Gasteiger partial charge in [-0.3, -0.25) is 9.59 Å². The average Bonchev–Trinajstić information content (AvgIpc) is 1.86. The third-order valence-electron chi connectivity index (χ3n) is 0.256. The monoisotopic (exact) mass is 190 g/mol. The molecule has 0 amide bonds. The predicted octanol–water partition coefficient (Wildman–Crippen LogP) is 0.912. The van der Waals surface area contributed by atoms with E-state index in [9.17, 15) is 0 Å². The van der Waals surface area contributed by atoms with Gasteiger partial charge in [0, 0.05) is 20.3 Å². The molecule has 0 rings (SSSR count). The van der Waals surface area contributed by atoms with E-state index in [2.05, 4.69) is 5.92 Å². The molecule has 76 valence electrons. The van der Waals surface area contributed by atoms with Crippen molar-refractivity contribution in [3.63, 3.8) is 0 Å². The van der Waals surface area contributed by atoms with Gasteiger partial charge < -0.3 is 15.3 Å². The fourth-order valence-electron chi connectivity index (χ4n) is 0.0791. The molecule has 0 spiro atoms. The summed E-state index contributed by atoms with van der Waals surface area (Å²) in [5.41, 5.74) is 0. The first kappa shape index (κ1) is 17.4. The molecule has 0 saturated carbocycles. The Balaban J connectivity index is -0.000000117. The summed E-state index contributed by atoms with van der Waals surface area (Å²) in [7, 11) is 0. The van der Waals surface area contributed by atoms with Crippen LogP contribution in [0.5, 0.6) is 0 Å². The molecule has 0 aliphatic rings. The predicted molar refractivity (Wildman–Crippen MR) is 46.6 cm³/mol. The van der Waals surface area contributed by atoms with Crippen molar-refractivity contribution in [2.24, 2.45) is 0 Å². The molecule has 5 nitrogen and oxygen atoms in total. The molecule has 0 fully saturated rings. The molecule has 0 unspecified atom stereocenters. The number of carboxylic acids is 2. The SMILES string of the molecule is CC(=O)O.CC(=O)O.CCC#CO. The van der Waals surface area contributed by atoms with Crippen molar-refractivity contribution in [1.82, 2.24) is 0 Å². The van der Waals surface area contributed by atoms with Gasteiger partial charge in [0.05, 0.1) is 0 Å². The van der Waals surface area contributed by atoms with E-state index in [-0.39, 0.29) is 0 Å². The quantitative estimate of drug-likeness (QED) is 0.493. The number of rotatable bonds is 0. The molecular formula is C8H14O5. The zero-order chi connectivity index (χ0) is 11.3. The largest absolute Gasteiger partial charge is 0.481 e. The van der Waals surface area contributed by atoms with Gasteiger partial charge in [0.2, 0.25) is 0 Å². The van der Waals surface area contributed by atoms with E-state index in [0.29, 0.717) is 0 Å². The van der Waals surface area contributed by atoms with Crippen LogP contribution in [0.4, 0.5) is 0 Å². The summed E-state index contributed by atoms with van der Waals surface area (Å²) in [6.07, 6.45) is 2.50. The standard InChI is InChI=1S/C4H6O.2C2H4O2/c1-2-3-4-5;2*1-2(3)4/h5H,2H2,1H3;2*1H3,(H,3,4). The van der Waals surface area contributed by atoms with Crippen molar-refractivity contribution < 1.29 is 24.9 Å². The van der Waals surface area contributed by atoms with Crippen molar-refractivity contribution >= 4 is 11.9 Å². The second kappa shape index (κ2) is 16.7. The van der Waals surface area contributed by atoms with E-state index in [1.54, 1.807) is 6.11 Å². The first-order valence-electron chi connectivity index (χ1n) is 3.39. The van der Waals surface area contributed by atoms with Gasteiger partial charge in [-0.15, -0.1) is 0 Å². The first-order chi connectivity index (χ1) is 5.88. The molecule has 0 aromatic carbocycles. The highest BCUT2D eigenvalue weighted by atomic mass is 16.4. The van der Waals surface area contributed by atoms with E-state index in [1.165, 1.54) is 0 Å². The van der Waals surface area contributed by atoms with Crippen LogP contribution in [0, 0.1) is 12.0 Å². The third kappa shape index (κ3) is 7880. The van der Waals surface area contributed by atoms with Gasteiger partial charge in [0.1, 0.15) is 6.11 Å². The molecule has 0 aliphatic heterocycles. The lowest BCUT2D eigenvalue weighted by Gasteiger charge is -1.59. The fraction of sp³-hybridized carbons (Fsp3) is 0.500. The van der Waals surface area contributed by atoms with E-state index >= 15 is 0 Å². The Labute approximate surface area is 77.0 Å². The number of hydrogen-bond donors (Lipinski definition) is 3. The topological polar surface area (TPSA) is 94.8 Å². The molecule has 0 atom stereocenters. The molecule has 0 bridgehead atoms. The molecule has 0 aliphatic carbocycles. The maximum Gasteiger partial charge on any atom is 0.300 e. The molecular weight excluding hydrogens is 176 g/mol. The van der Waals surface area contributed by atoms with Crippen molar-refractivity contribution in [1.29, 1.82) is 0 Å². The van der Waals surface area contributed by atoms with Crippen LogP contribution in [0.15, 0.2) is 0 Å². The lowest BCUT2D eigenvalue weighted by molar-refractivity contribution is -0.135. The minimum atomic E-state index is -0.833. The number of aliphatic carboxylic acids is 2. The van der Waals surface area contributed by atoms with Crippen LogP contribution in [0.2, 0.25) is 0 Å². The first-order valence-corrected chi connectivity index (χ1v) is 3.39. The molecule has 0 radical (unpaired) electrons. The maximum absolute atomic E-state index is 9.00. The van der Waals surface area contributed by atoms with Crippen molar-refractivity contribution in [2.75, 3.05) is 0 Å². The van der Waals surface area contributed by atoms with Crippen LogP contribution in [0.3, 0.4) is 0 Å². The molecule has 3 N–H and O–H groups in total. The summed E-state index contributed by atoms with van der Waals surface area (Å²) in [5, 5.41) is 22.5. The second-order valence-corrected chi connectivity index (χ2v) is 1.68. The minimum absolute atomic E-state index is 0.733. The number of aliphatic hydroxyl groups is 1. The van der Waals surface area contributed by atoms with E-state index < -0.39 is 11.9 Å². The zero-order valence-electron chi connectivity index (χ0n) is 7.87. The molecule has 5 heteroatoms. The highest BCUT2D eigenvalue weighted by Gasteiger charge is 1.65. The molecule has 0 heterocycles. The second-order valence-electron chi connectivity index (χ2n) is 1.68. The van der Waals surface area contributed by atoms with Crippen LogP contribution < -0.4 is 0 Å². The summed E-state index contributed by atoms with van der Waals surface area (Å²) in [4.78, 5) is 18.0. The lowest BCUT2D eigenvalue weighted by atomic mass is 10.5. The summed E-state index contributed by atoms with van der Waals surface area (Å²) < 4.78 is 0. The minimum Gasteiger partial charge on any atom is -0.481 e. The average molecular weight is 190 g/mol. The number of carbonyl (C=O) groups is 2. The molecule has 13 heavy (non-hydrogen) atoms. The van der Waals surface area contributed by atoms with Crippen LogP contribution >= 0.6 is 0 Å². The van der Waals surface area contributed by atoms with Crippen molar-refractivity contribution in [2.45, 2.75) is 27.2 Å². The fourth-order valence-corrected chi connectivity index (χ4v) is 0.0791. The van der Waals surface area contributed by atoms with Crippen molar-refractivity contribution in [3.8, 4) is 12.0 Å². The Morgan fingerprint density at radius 2 is 1.38 bits per heavy atom. The Morgan fingerprint density at radius 3 is 1.38 bits per heavy atom. The van der Waals surface area contributed by atoms with Gasteiger partial charge in [-0.25, -0.2) is 0 Å². The van der Waals surface area contributed by atoms with Crippen molar-refractivity contribution in [3.05, 3.63) is 0 Å². The Kier molecular flexibility index (Phi) is 22.4. The van der Waals surface area contributed by atoms with Crippen LogP contribution in [-0.2, 0) is 9.59 Å². The summed E-state index contributed by atoms with van der Waals surface area (Å²) in [6.45, 7) is 4.04. The molecule has 0 saturated heterocycles. The highest BCUT2D eigenvalue weighted by molar-refractivity contribution is 5.63. The highest BCUT2D eigenvalue weighted by Crippen LogP contribution is 1.61. The Morgan fingerprint density at radius 1 is 1.15 bits per heavy atom. The Hall–Kier alpha value is -1.70. The summed E-state index contributed by atoms with van der Waals surface area (Å²) in [5.74, 6) is 0.750.